The molecule has 0 amide bonds. The number of benzene rings is 1. The van der Waals surface area contributed by atoms with Crippen molar-refractivity contribution in [2.75, 3.05) is 0 Å². The van der Waals surface area contributed by atoms with Crippen molar-refractivity contribution in [2.45, 2.75) is 25.7 Å². The maximum absolute atomic E-state index is 12.1. The van der Waals surface area contributed by atoms with Crippen LogP contribution in [-0.4, -0.2) is 5.78 Å². The van der Waals surface area contributed by atoms with Crippen molar-refractivity contribution in [1.82, 2.24) is 0 Å². The Labute approximate surface area is 101 Å². The molecule has 1 nitrogen and oxygen atoms in total. The molecule has 3 rings (SSSR count). The van der Waals surface area contributed by atoms with Crippen molar-refractivity contribution >= 4 is 17.4 Å². The number of carbonyl (C=O) groups is 1. The first kappa shape index (κ1) is 10.3. The Bertz CT molecular complexity index is 416. The first-order chi connectivity index (χ1) is 7.74. The number of carbonyl (C=O) groups excluding carboxylic acids is 1. The van der Waals surface area contributed by atoms with Gasteiger partial charge in [-0.3, -0.25) is 4.79 Å². The molecule has 1 aromatic rings. The van der Waals surface area contributed by atoms with Gasteiger partial charge in [0.05, 0.1) is 0 Å². The molecule has 2 atom stereocenters. The van der Waals surface area contributed by atoms with Gasteiger partial charge in [-0.1, -0.05) is 29.8 Å². The molecule has 0 spiro atoms. The van der Waals surface area contributed by atoms with Gasteiger partial charge in [-0.2, -0.15) is 0 Å². The summed E-state index contributed by atoms with van der Waals surface area (Å²) in [5.41, 5.74) is 0.981. The zero-order valence-corrected chi connectivity index (χ0v) is 9.91. The maximum atomic E-state index is 12.1. The summed E-state index contributed by atoms with van der Waals surface area (Å²) in [6.45, 7) is 0. The second-order valence-corrected chi connectivity index (χ2v) is 5.57. The third kappa shape index (κ3) is 1.89. The monoisotopic (exact) mass is 234 g/mol. The Hall–Kier alpha value is -0.820. The molecule has 2 heteroatoms. The molecular formula is C14H15ClO. The number of hydrogen-bond donors (Lipinski definition) is 0. The predicted octanol–water partition coefficient (Wildman–Crippen LogP) is 3.50. The van der Waals surface area contributed by atoms with Gasteiger partial charge in [-0.25, -0.2) is 0 Å². The zero-order valence-electron chi connectivity index (χ0n) is 9.16. The Kier molecular flexibility index (Phi) is 2.51. The van der Waals surface area contributed by atoms with Crippen LogP contribution in [-0.2, 0) is 11.2 Å². The van der Waals surface area contributed by atoms with Gasteiger partial charge in [0.1, 0.15) is 5.78 Å². The normalized spacial score (nSPS) is 31.2. The van der Waals surface area contributed by atoms with Crippen LogP contribution < -0.4 is 0 Å². The molecule has 2 aliphatic rings. The van der Waals surface area contributed by atoms with E-state index in [1.165, 1.54) is 6.42 Å². The molecule has 0 aromatic heterocycles. The number of halogens is 1. The third-order valence-corrected chi connectivity index (χ3v) is 4.39. The van der Waals surface area contributed by atoms with E-state index in [4.69, 9.17) is 11.6 Å². The van der Waals surface area contributed by atoms with E-state index in [0.717, 1.165) is 35.3 Å². The van der Waals surface area contributed by atoms with Crippen molar-refractivity contribution in [2.24, 2.45) is 17.8 Å². The zero-order chi connectivity index (χ0) is 11.1. The van der Waals surface area contributed by atoms with Crippen LogP contribution in [0.2, 0.25) is 5.02 Å². The maximum Gasteiger partial charge on any atom is 0.140 e. The van der Waals surface area contributed by atoms with Crippen molar-refractivity contribution in [3.63, 3.8) is 0 Å². The van der Waals surface area contributed by atoms with Crippen molar-refractivity contribution < 1.29 is 4.79 Å². The van der Waals surface area contributed by atoms with E-state index >= 15 is 0 Å². The van der Waals surface area contributed by atoms with Gasteiger partial charge < -0.3 is 0 Å². The minimum atomic E-state index is 0.319. The standard InChI is InChI=1S/C14H15ClO/c15-13-4-2-1-3-9(13)8-14(16)12-6-10-5-11(10)7-12/h1-4,10-12H,5-8H2. The SMILES string of the molecule is O=C(Cc1ccccc1Cl)C1CC2CC2C1. The van der Waals surface area contributed by atoms with Crippen LogP contribution in [0, 0.1) is 17.8 Å². The molecule has 2 unspecified atom stereocenters. The molecule has 0 saturated heterocycles. The van der Waals surface area contributed by atoms with Crippen LogP contribution >= 0.6 is 11.6 Å². The predicted molar refractivity (Wildman–Crippen MR) is 64.5 cm³/mol. The number of fused-ring (bicyclic) bond motifs is 1. The molecular weight excluding hydrogens is 220 g/mol. The second-order valence-electron chi connectivity index (χ2n) is 5.16. The molecule has 84 valence electrons. The Morgan fingerprint density at radius 1 is 1.19 bits per heavy atom. The van der Waals surface area contributed by atoms with Gasteiger partial charge in [-0.05, 0) is 42.7 Å². The first-order valence-electron chi connectivity index (χ1n) is 6.00. The van der Waals surface area contributed by atoms with Crippen molar-refractivity contribution in [3.8, 4) is 0 Å². The quantitative estimate of drug-likeness (QED) is 0.783. The van der Waals surface area contributed by atoms with E-state index in [1.54, 1.807) is 0 Å². The lowest BCUT2D eigenvalue weighted by Gasteiger charge is -2.10. The highest BCUT2D eigenvalue weighted by atomic mass is 35.5. The topological polar surface area (TPSA) is 17.1 Å². The van der Waals surface area contributed by atoms with Gasteiger partial charge in [0.2, 0.25) is 0 Å². The highest BCUT2D eigenvalue weighted by Gasteiger charge is 2.47. The van der Waals surface area contributed by atoms with E-state index < -0.39 is 0 Å². The van der Waals surface area contributed by atoms with Gasteiger partial charge >= 0.3 is 0 Å². The highest BCUT2D eigenvalue weighted by Crippen LogP contribution is 2.54. The number of Topliss-reactive ketones (excluding diaryl/α,β-unsaturated/α-hetero) is 1. The largest absolute Gasteiger partial charge is 0.299 e. The number of rotatable bonds is 3. The molecule has 16 heavy (non-hydrogen) atoms. The van der Waals surface area contributed by atoms with E-state index in [0.29, 0.717) is 18.1 Å². The number of hydrogen-bond acceptors (Lipinski definition) is 1. The van der Waals surface area contributed by atoms with Gasteiger partial charge in [0.15, 0.2) is 0 Å². The molecule has 2 aliphatic carbocycles. The number of ketones is 1. The Balaban J connectivity index is 1.66. The lowest BCUT2D eigenvalue weighted by atomic mass is 9.94. The van der Waals surface area contributed by atoms with Crippen LogP contribution in [0.3, 0.4) is 0 Å². The summed E-state index contributed by atoms with van der Waals surface area (Å²) in [5, 5.41) is 0.721. The van der Waals surface area contributed by atoms with Crippen LogP contribution in [0.25, 0.3) is 0 Å². The average molecular weight is 235 g/mol. The molecule has 1 aromatic carbocycles. The average Bonchev–Trinajstić information content (AvgIpc) is 2.89. The molecule has 0 heterocycles. The van der Waals surface area contributed by atoms with E-state index in [9.17, 15) is 4.79 Å². The molecule has 0 aliphatic heterocycles. The minimum Gasteiger partial charge on any atom is -0.299 e. The van der Waals surface area contributed by atoms with Crippen molar-refractivity contribution in [3.05, 3.63) is 34.9 Å². The van der Waals surface area contributed by atoms with Crippen LogP contribution in [0.4, 0.5) is 0 Å². The van der Waals surface area contributed by atoms with Crippen LogP contribution in [0.15, 0.2) is 24.3 Å². The highest BCUT2D eigenvalue weighted by molar-refractivity contribution is 6.31. The van der Waals surface area contributed by atoms with Gasteiger partial charge in [-0.15, -0.1) is 0 Å². The van der Waals surface area contributed by atoms with Crippen LogP contribution in [0.5, 0.6) is 0 Å². The Morgan fingerprint density at radius 2 is 1.88 bits per heavy atom. The van der Waals surface area contributed by atoms with E-state index in [1.807, 2.05) is 24.3 Å². The summed E-state index contributed by atoms with van der Waals surface area (Å²) < 4.78 is 0. The van der Waals surface area contributed by atoms with Crippen molar-refractivity contribution in [1.29, 1.82) is 0 Å². The smallest absolute Gasteiger partial charge is 0.140 e. The molecule has 2 fully saturated rings. The van der Waals surface area contributed by atoms with Gasteiger partial charge in [0.25, 0.3) is 0 Å². The minimum absolute atomic E-state index is 0.319. The molecule has 0 bridgehead atoms. The summed E-state index contributed by atoms with van der Waals surface area (Å²) in [5.74, 6) is 2.46. The fraction of sp³-hybridized carbons (Fsp3) is 0.500. The fourth-order valence-electron chi connectivity index (χ4n) is 2.95. The van der Waals surface area contributed by atoms with E-state index in [2.05, 4.69) is 0 Å². The lowest BCUT2D eigenvalue weighted by Crippen LogP contribution is -2.15. The van der Waals surface area contributed by atoms with Gasteiger partial charge in [0, 0.05) is 17.4 Å². The lowest BCUT2D eigenvalue weighted by molar-refractivity contribution is -0.122. The molecule has 0 radical (unpaired) electrons. The summed E-state index contributed by atoms with van der Waals surface area (Å²) in [7, 11) is 0. The Morgan fingerprint density at radius 3 is 2.56 bits per heavy atom. The fourth-order valence-corrected chi connectivity index (χ4v) is 3.15. The first-order valence-corrected chi connectivity index (χ1v) is 6.38. The molecule has 0 N–H and O–H groups in total. The second kappa shape index (κ2) is 3.89. The van der Waals surface area contributed by atoms with Crippen LogP contribution in [0.1, 0.15) is 24.8 Å². The summed E-state index contributed by atoms with van der Waals surface area (Å²) >= 11 is 6.06. The summed E-state index contributed by atoms with van der Waals surface area (Å²) in [6, 6.07) is 7.66. The summed E-state index contributed by atoms with van der Waals surface area (Å²) in [4.78, 5) is 12.1. The summed E-state index contributed by atoms with van der Waals surface area (Å²) in [6.07, 6.45) is 4.15. The van der Waals surface area contributed by atoms with E-state index in [-0.39, 0.29) is 0 Å². The molecule has 2 saturated carbocycles. The third-order valence-electron chi connectivity index (χ3n) is 4.02.